The molecule has 2 aliphatic rings. The third kappa shape index (κ3) is 4.01. The number of benzene rings is 1. The zero-order valence-corrected chi connectivity index (χ0v) is 18.2. The molecule has 7 nitrogen and oxygen atoms in total. The van der Waals surface area contributed by atoms with Crippen LogP contribution in [0.1, 0.15) is 47.0 Å². The van der Waals surface area contributed by atoms with E-state index in [1.807, 2.05) is 16.3 Å². The molecule has 1 aromatic heterocycles. The summed E-state index contributed by atoms with van der Waals surface area (Å²) >= 11 is 1.68. The number of hydrogen-bond acceptors (Lipinski definition) is 5. The molecule has 2 N–H and O–H groups in total. The second-order valence-corrected chi connectivity index (χ2v) is 10.7. The van der Waals surface area contributed by atoms with Crippen LogP contribution < -0.4 is 5.73 Å². The quantitative estimate of drug-likeness (QED) is 0.761. The maximum Gasteiger partial charge on any atom is 0.248 e. The van der Waals surface area contributed by atoms with Crippen molar-refractivity contribution in [3.63, 3.8) is 0 Å². The number of thiophene rings is 1. The SMILES string of the molecule is NC(=O)c1ccc(S(=O)(=O)N2CCC(C(=O)N3CCC[C@H]3c3cccs3)CC2)cc1. The van der Waals surface area contributed by atoms with Gasteiger partial charge in [0.25, 0.3) is 0 Å². The van der Waals surface area contributed by atoms with E-state index in [1.165, 1.54) is 33.4 Å². The second kappa shape index (κ2) is 8.49. The number of sulfonamides is 1. The molecule has 160 valence electrons. The Morgan fingerprint density at radius 2 is 1.70 bits per heavy atom. The van der Waals surface area contributed by atoms with Crippen LogP contribution in [0, 0.1) is 5.92 Å². The molecule has 2 aliphatic heterocycles. The summed E-state index contributed by atoms with van der Waals surface area (Å²) in [7, 11) is -3.66. The molecule has 1 aromatic carbocycles. The van der Waals surface area contributed by atoms with Gasteiger partial charge < -0.3 is 10.6 Å². The highest BCUT2D eigenvalue weighted by Gasteiger charge is 2.37. The molecule has 2 saturated heterocycles. The Kier molecular flexibility index (Phi) is 5.95. The molecule has 0 unspecified atom stereocenters. The maximum absolute atomic E-state index is 13.2. The highest BCUT2D eigenvalue weighted by molar-refractivity contribution is 7.89. The average Bonchev–Trinajstić information content (AvgIpc) is 3.45. The van der Waals surface area contributed by atoms with Gasteiger partial charge in [0.15, 0.2) is 0 Å². The molecule has 0 bridgehead atoms. The van der Waals surface area contributed by atoms with E-state index >= 15 is 0 Å². The minimum Gasteiger partial charge on any atom is -0.366 e. The lowest BCUT2D eigenvalue weighted by atomic mass is 9.96. The van der Waals surface area contributed by atoms with E-state index in [0.717, 1.165) is 19.4 Å². The van der Waals surface area contributed by atoms with Crippen LogP contribution in [-0.4, -0.2) is 49.1 Å². The molecular formula is C21H25N3O4S2. The number of piperidine rings is 1. The van der Waals surface area contributed by atoms with Gasteiger partial charge in [-0.15, -0.1) is 11.3 Å². The van der Waals surface area contributed by atoms with Gasteiger partial charge >= 0.3 is 0 Å². The fourth-order valence-electron chi connectivity index (χ4n) is 4.33. The fraction of sp³-hybridized carbons (Fsp3) is 0.429. The van der Waals surface area contributed by atoms with Gasteiger partial charge in [-0.05, 0) is 61.4 Å². The third-order valence-corrected chi connectivity index (χ3v) is 8.87. The number of likely N-dealkylation sites (tertiary alicyclic amines) is 1. The van der Waals surface area contributed by atoms with Gasteiger partial charge in [-0.1, -0.05) is 6.07 Å². The molecule has 9 heteroatoms. The van der Waals surface area contributed by atoms with Crippen LogP contribution in [0.15, 0.2) is 46.7 Å². The minimum absolute atomic E-state index is 0.134. The van der Waals surface area contributed by atoms with E-state index in [4.69, 9.17) is 5.73 Å². The van der Waals surface area contributed by atoms with Gasteiger partial charge in [0.2, 0.25) is 21.8 Å². The van der Waals surface area contributed by atoms with E-state index in [0.29, 0.717) is 25.9 Å². The number of rotatable bonds is 5. The summed E-state index contributed by atoms with van der Waals surface area (Å²) in [4.78, 5) is 27.7. The Bertz CT molecular complexity index is 1010. The van der Waals surface area contributed by atoms with Crippen LogP contribution in [0.2, 0.25) is 0 Å². The van der Waals surface area contributed by atoms with Crippen molar-refractivity contribution in [2.45, 2.75) is 36.6 Å². The Labute approximate surface area is 180 Å². The third-order valence-electron chi connectivity index (χ3n) is 5.99. The number of carbonyl (C=O) groups excluding carboxylic acids is 2. The normalized spacial score (nSPS) is 21.1. The first-order valence-corrected chi connectivity index (χ1v) is 12.4. The van der Waals surface area contributed by atoms with Crippen LogP contribution in [-0.2, 0) is 14.8 Å². The molecule has 1 atom stereocenters. The zero-order chi connectivity index (χ0) is 21.3. The highest BCUT2D eigenvalue weighted by atomic mass is 32.2. The van der Waals surface area contributed by atoms with Crippen LogP contribution in [0.3, 0.4) is 0 Å². The minimum atomic E-state index is -3.66. The predicted octanol–water partition coefficient (Wildman–Crippen LogP) is 2.61. The monoisotopic (exact) mass is 447 g/mol. The first-order chi connectivity index (χ1) is 14.4. The summed E-state index contributed by atoms with van der Waals surface area (Å²) in [6, 6.07) is 9.90. The molecule has 30 heavy (non-hydrogen) atoms. The topological polar surface area (TPSA) is 101 Å². The molecule has 0 radical (unpaired) electrons. The molecule has 0 spiro atoms. The molecule has 0 saturated carbocycles. The van der Waals surface area contributed by atoms with Crippen molar-refractivity contribution in [3.05, 3.63) is 52.2 Å². The maximum atomic E-state index is 13.2. The van der Waals surface area contributed by atoms with Crippen molar-refractivity contribution in [1.29, 1.82) is 0 Å². The van der Waals surface area contributed by atoms with Crippen LogP contribution in [0.25, 0.3) is 0 Å². The summed E-state index contributed by atoms with van der Waals surface area (Å²) in [5.74, 6) is -0.593. The summed E-state index contributed by atoms with van der Waals surface area (Å²) in [6.07, 6.45) is 3.03. The Balaban J connectivity index is 1.40. The smallest absolute Gasteiger partial charge is 0.248 e. The fourth-order valence-corrected chi connectivity index (χ4v) is 6.67. The molecule has 0 aliphatic carbocycles. The van der Waals surface area contributed by atoms with Gasteiger partial charge in [-0.25, -0.2) is 8.42 Å². The van der Waals surface area contributed by atoms with Gasteiger partial charge in [0, 0.05) is 36.0 Å². The van der Waals surface area contributed by atoms with E-state index < -0.39 is 15.9 Å². The summed E-state index contributed by atoms with van der Waals surface area (Å²) < 4.78 is 27.3. The van der Waals surface area contributed by atoms with E-state index in [-0.39, 0.29) is 28.3 Å². The van der Waals surface area contributed by atoms with E-state index in [9.17, 15) is 18.0 Å². The molecule has 3 heterocycles. The van der Waals surface area contributed by atoms with Crippen LogP contribution >= 0.6 is 11.3 Å². The number of carbonyl (C=O) groups is 2. The van der Waals surface area contributed by atoms with Gasteiger partial charge in [0.05, 0.1) is 10.9 Å². The number of primary amides is 1. The summed E-state index contributed by atoms with van der Waals surface area (Å²) in [5, 5.41) is 2.04. The van der Waals surface area contributed by atoms with Crippen molar-refractivity contribution in [2.75, 3.05) is 19.6 Å². The lowest BCUT2D eigenvalue weighted by Gasteiger charge is -2.34. The Morgan fingerprint density at radius 1 is 1.00 bits per heavy atom. The molecule has 2 amide bonds. The van der Waals surface area contributed by atoms with Crippen molar-refractivity contribution >= 4 is 33.2 Å². The van der Waals surface area contributed by atoms with E-state index in [2.05, 4.69) is 6.07 Å². The average molecular weight is 448 g/mol. The number of amides is 2. The van der Waals surface area contributed by atoms with E-state index in [1.54, 1.807) is 11.3 Å². The van der Waals surface area contributed by atoms with Crippen molar-refractivity contribution in [2.24, 2.45) is 11.7 Å². The Morgan fingerprint density at radius 3 is 2.30 bits per heavy atom. The second-order valence-electron chi connectivity index (χ2n) is 7.77. The Hall–Kier alpha value is -2.23. The highest BCUT2D eigenvalue weighted by Crippen LogP contribution is 2.37. The lowest BCUT2D eigenvalue weighted by molar-refractivity contribution is -0.137. The first-order valence-electron chi connectivity index (χ1n) is 10.1. The van der Waals surface area contributed by atoms with Crippen molar-refractivity contribution < 1.29 is 18.0 Å². The zero-order valence-electron chi connectivity index (χ0n) is 16.6. The van der Waals surface area contributed by atoms with Gasteiger partial charge in [0.1, 0.15) is 0 Å². The molecule has 4 rings (SSSR count). The number of nitrogens with zero attached hydrogens (tertiary/aromatic N) is 2. The van der Waals surface area contributed by atoms with Crippen LogP contribution in [0.4, 0.5) is 0 Å². The van der Waals surface area contributed by atoms with Gasteiger partial charge in [-0.3, -0.25) is 9.59 Å². The van der Waals surface area contributed by atoms with Crippen molar-refractivity contribution in [1.82, 2.24) is 9.21 Å². The van der Waals surface area contributed by atoms with Gasteiger partial charge in [-0.2, -0.15) is 4.31 Å². The van der Waals surface area contributed by atoms with Crippen LogP contribution in [0.5, 0.6) is 0 Å². The standard InChI is InChI=1S/C21H25N3O4S2/c22-20(25)15-5-7-17(8-6-15)30(27,28)23-12-9-16(10-13-23)21(26)24-11-1-3-18(24)19-4-2-14-29-19/h2,4-8,14,16,18H,1,3,9-13H2,(H2,22,25)/t18-/m0/s1. The first kappa shape index (κ1) is 21.0. The predicted molar refractivity (Wildman–Crippen MR) is 114 cm³/mol. The molecule has 2 fully saturated rings. The molecular weight excluding hydrogens is 422 g/mol. The summed E-state index contributed by atoms with van der Waals surface area (Å²) in [6.45, 7) is 1.40. The number of nitrogens with two attached hydrogens (primary N) is 1. The number of hydrogen-bond donors (Lipinski definition) is 1. The molecule has 2 aromatic rings. The van der Waals surface area contributed by atoms with Crippen molar-refractivity contribution in [3.8, 4) is 0 Å². The lowest BCUT2D eigenvalue weighted by Crippen LogP contribution is -2.44. The summed E-state index contributed by atoms with van der Waals surface area (Å²) in [5.41, 5.74) is 5.49. The largest absolute Gasteiger partial charge is 0.366 e.